The number of amides is 1. The van der Waals surface area contributed by atoms with Gasteiger partial charge < -0.3 is 19.1 Å². The monoisotopic (exact) mass is 368 g/mol. The maximum Gasteiger partial charge on any atom is 0.246 e. The summed E-state index contributed by atoms with van der Waals surface area (Å²) in [5.41, 5.74) is 0.742. The topological polar surface area (TPSA) is 82.2 Å². The standard InChI is InChI=1S/C20H24N4O3/c1-14(2)12-16(24-10-6-7-11-24)20(25)21-13-18-22-19(23-27-18)15-8-4-5-9-17(15)26-3/h4-11,14,16H,12-13H2,1-3H3,(H,21,25). The van der Waals surface area contributed by atoms with Gasteiger partial charge in [-0.3, -0.25) is 4.79 Å². The van der Waals surface area contributed by atoms with E-state index in [0.29, 0.717) is 23.4 Å². The number of rotatable bonds is 8. The largest absolute Gasteiger partial charge is 0.496 e. The first-order valence-electron chi connectivity index (χ1n) is 8.94. The van der Waals surface area contributed by atoms with Gasteiger partial charge in [0.2, 0.25) is 17.6 Å². The lowest BCUT2D eigenvalue weighted by atomic mass is 10.0. The van der Waals surface area contributed by atoms with Crippen LogP contribution < -0.4 is 10.1 Å². The van der Waals surface area contributed by atoms with Crippen molar-refractivity contribution in [3.63, 3.8) is 0 Å². The van der Waals surface area contributed by atoms with Crippen LogP contribution in [0.25, 0.3) is 11.4 Å². The Morgan fingerprint density at radius 1 is 1.22 bits per heavy atom. The number of aromatic nitrogens is 3. The summed E-state index contributed by atoms with van der Waals surface area (Å²) in [5.74, 6) is 1.76. The number of carbonyl (C=O) groups excluding carboxylic acids is 1. The zero-order valence-corrected chi connectivity index (χ0v) is 15.8. The molecule has 7 heteroatoms. The highest BCUT2D eigenvalue weighted by Gasteiger charge is 2.21. The Bertz CT molecular complexity index is 871. The van der Waals surface area contributed by atoms with Gasteiger partial charge in [0.05, 0.1) is 19.2 Å². The summed E-state index contributed by atoms with van der Waals surface area (Å²) >= 11 is 0. The Labute approximate surface area is 158 Å². The van der Waals surface area contributed by atoms with Crippen molar-refractivity contribution in [2.24, 2.45) is 5.92 Å². The van der Waals surface area contributed by atoms with Gasteiger partial charge in [0.25, 0.3) is 0 Å². The van der Waals surface area contributed by atoms with Gasteiger partial charge in [0.15, 0.2) is 0 Å². The van der Waals surface area contributed by atoms with Crippen LogP contribution in [0.15, 0.2) is 53.3 Å². The van der Waals surface area contributed by atoms with E-state index >= 15 is 0 Å². The van der Waals surface area contributed by atoms with Gasteiger partial charge in [-0.15, -0.1) is 0 Å². The van der Waals surface area contributed by atoms with Crippen molar-refractivity contribution >= 4 is 5.91 Å². The highest BCUT2D eigenvalue weighted by atomic mass is 16.5. The number of ether oxygens (including phenoxy) is 1. The molecule has 0 spiro atoms. The first-order valence-corrected chi connectivity index (χ1v) is 8.94. The molecule has 1 N–H and O–H groups in total. The number of para-hydroxylation sites is 1. The van der Waals surface area contributed by atoms with E-state index in [-0.39, 0.29) is 18.5 Å². The van der Waals surface area contributed by atoms with Gasteiger partial charge in [-0.05, 0) is 36.6 Å². The zero-order chi connectivity index (χ0) is 19.2. The fourth-order valence-electron chi connectivity index (χ4n) is 2.91. The summed E-state index contributed by atoms with van der Waals surface area (Å²) in [6.45, 7) is 4.37. The molecular formula is C20H24N4O3. The molecule has 1 aromatic carbocycles. The van der Waals surface area contributed by atoms with Gasteiger partial charge in [0.1, 0.15) is 11.8 Å². The lowest BCUT2D eigenvalue weighted by Crippen LogP contribution is -2.32. The maximum atomic E-state index is 12.7. The molecule has 1 atom stereocenters. The average Bonchev–Trinajstić information content (AvgIpc) is 3.36. The predicted octanol–water partition coefficient (Wildman–Crippen LogP) is 3.45. The first kappa shape index (κ1) is 18.7. The molecule has 0 fully saturated rings. The van der Waals surface area contributed by atoms with Crippen LogP contribution in [0.2, 0.25) is 0 Å². The van der Waals surface area contributed by atoms with Crippen LogP contribution in [0.5, 0.6) is 5.75 Å². The molecule has 0 bridgehead atoms. The molecule has 0 radical (unpaired) electrons. The highest BCUT2D eigenvalue weighted by Crippen LogP contribution is 2.27. The normalized spacial score (nSPS) is 12.1. The minimum atomic E-state index is -0.267. The van der Waals surface area contributed by atoms with E-state index in [0.717, 1.165) is 12.0 Å². The maximum absolute atomic E-state index is 12.7. The van der Waals surface area contributed by atoms with Gasteiger partial charge in [-0.1, -0.05) is 31.1 Å². The molecule has 7 nitrogen and oxygen atoms in total. The van der Waals surface area contributed by atoms with Crippen LogP contribution in [0.3, 0.4) is 0 Å². The Balaban J connectivity index is 1.68. The molecule has 1 unspecified atom stereocenters. The van der Waals surface area contributed by atoms with E-state index in [9.17, 15) is 4.79 Å². The number of nitrogens with one attached hydrogen (secondary N) is 1. The number of carbonyl (C=O) groups is 1. The van der Waals surface area contributed by atoms with Crippen LogP contribution in [0.1, 0.15) is 32.2 Å². The highest BCUT2D eigenvalue weighted by molar-refractivity contribution is 5.80. The molecule has 142 valence electrons. The van der Waals surface area contributed by atoms with Crippen molar-refractivity contribution < 1.29 is 14.1 Å². The van der Waals surface area contributed by atoms with E-state index < -0.39 is 0 Å². The second kappa shape index (κ2) is 8.53. The molecule has 3 aromatic rings. The van der Waals surface area contributed by atoms with Crippen molar-refractivity contribution in [3.05, 3.63) is 54.7 Å². The number of methoxy groups -OCH3 is 1. The third kappa shape index (κ3) is 4.55. The first-order chi connectivity index (χ1) is 13.1. The number of nitrogens with zero attached hydrogens (tertiary/aromatic N) is 3. The molecule has 27 heavy (non-hydrogen) atoms. The summed E-state index contributed by atoms with van der Waals surface area (Å²) < 4.78 is 12.5. The van der Waals surface area contributed by atoms with Crippen LogP contribution >= 0.6 is 0 Å². The Morgan fingerprint density at radius 2 is 1.96 bits per heavy atom. The van der Waals surface area contributed by atoms with E-state index in [2.05, 4.69) is 29.3 Å². The molecule has 0 saturated heterocycles. The van der Waals surface area contributed by atoms with Gasteiger partial charge in [0, 0.05) is 12.4 Å². The van der Waals surface area contributed by atoms with E-state index in [1.54, 1.807) is 7.11 Å². The molecule has 0 saturated carbocycles. The number of hydrogen-bond acceptors (Lipinski definition) is 5. The molecular weight excluding hydrogens is 344 g/mol. The Kier molecular flexibility index (Phi) is 5.90. The average molecular weight is 368 g/mol. The molecule has 2 heterocycles. The second-order valence-corrected chi connectivity index (χ2v) is 6.71. The molecule has 0 aliphatic heterocycles. The van der Waals surface area contributed by atoms with Crippen LogP contribution in [-0.4, -0.2) is 27.7 Å². The van der Waals surface area contributed by atoms with E-state index in [1.165, 1.54) is 0 Å². The smallest absolute Gasteiger partial charge is 0.246 e. The van der Waals surface area contributed by atoms with Crippen LogP contribution in [0, 0.1) is 5.92 Å². The minimum Gasteiger partial charge on any atom is -0.496 e. The molecule has 2 aromatic heterocycles. The third-order valence-electron chi connectivity index (χ3n) is 4.21. The fourth-order valence-corrected chi connectivity index (χ4v) is 2.91. The number of benzene rings is 1. The zero-order valence-electron chi connectivity index (χ0n) is 15.8. The van der Waals surface area contributed by atoms with Crippen molar-refractivity contribution in [1.82, 2.24) is 20.0 Å². The molecule has 3 rings (SSSR count). The van der Waals surface area contributed by atoms with Gasteiger partial charge in [-0.2, -0.15) is 4.98 Å². The number of hydrogen-bond donors (Lipinski definition) is 1. The lowest BCUT2D eigenvalue weighted by Gasteiger charge is -2.20. The van der Waals surface area contributed by atoms with E-state index in [4.69, 9.17) is 9.26 Å². The summed E-state index contributed by atoms with van der Waals surface area (Å²) in [6, 6.07) is 11.0. The quantitative estimate of drug-likeness (QED) is 0.658. The Morgan fingerprint density at radius 3 is 2.67 bits per heavy atom. The SMILES string of the molecule is COc1ccccc1-c1noc(CNC(=O)C(CC(C)C)n2cccc2)n1. The predicted molar refractivity (Wildman–Crippen MR) is 101 cm³/mol. The van der Waals surface area contributed by atoms with Crippen molar-refractivity contribution in [1.29, 1.82) is 0 Å². The molecule has 1 amide bonds. The van der Waals surface area contributed by atoms with Crippen LogP contribution in [-0.2, 0) is 11.3 Å². The van der Waals surface area contributed by atoms with E-state index in [1.807, 2.05) is 53.4 Å². The van der Waals surface area contributed by atoms with Crippen LogP contribution in [0.4, 0.5) is 0 Å². The summed E-state index contributed by atoms with van der Waals surface area (Å²) in [4.78, 5) is 17.1. The summed E-state index contributed by atoms with van der Waals surface area (Å²) in [5, 5.41) is 6.89. The minimum absolute atomic E-state index is 0.0723. The van der Waals surface area contributed by atoms with Gasteiger partial charge in [-0.25, -0.2) is 0 Å². The molecule has 0 aliphatic rings. The van der Waals surface area contributed by atoms with Crippen molar-refractivity contribution in [3.8, 4) is 17.1 Å². The summed E-state index contributed by atoms with van der Waals surface area (Å²) in [6.07, 6.45) is 4.55. The van der Waals surface area contributed by atoms with Crippen molar-refractivity contribution in [2.45, 2.75) is 32.9 Å². The summed E-state index contributed by atoms with van der Waals surface area (Å²) in [7, 11) is 1.59. The van der Waals surface area contributed by atoms with Crippen molar-refractivity contribution in [2.75, 3.05) is 7.11 Å². The lowest BCUT2D eigenvalue weighted by molar-refractivity contribution is -0.125. The third-order valence-corrected chi connectivity index (χ3v) is 4.21. The fraction of sp³-hybridized carbons (Fsp3) is 0.350. The van der Waals surface area contributed by atoms with Gasteiger partial charge >= 0.3 is 0 Å². The Hall–Kier alpha value is -3.09. The second-order valence-electron chi connectivity index (χ2n) is 6.71. The molecule has 0 aliphatic carbocycles.